The fourth-order valence-electron chi connectivity index (χ4n) is 4.58. The number of hydrogen-bond donors (Lipinski definition) is 3. The van der Waals surface area contributed by atoms with E-state index in [-0.39, 0.29) is 29.9 Å². The predicted molar refractivity (Wildman–Crippen MR) is 109 cm³/mol. The Balaban J connectivity index is 1.65. The molecule has 0 bridgehead atoms. The quantitative estimate of drug-likeness (QED) is 0.668. The van der Waals surface area contributed by atoms with Crippen molar-refractivity contribution in [3.63, 3.8) is 0 Å². The van der Waals surface area contributed by atoms with Crippen LogP contribution in [0.2, 0.25) is 0 Å². The van der Waals surface area contributed by atoms with Crippen LogP contribution in [-0.4, -0.2) is 52.0 Å². The number of aromatic nitrogens is 3. The first kappa shape index (κ1) is 18.8. The molecule has 2 unspecified atom stereocenters. The van der Waals surface area contributed by atoms with Crippen molar-refractivity contribution in [1.29, 1.82) is 0 Å². The molecule has 8 nitrogen and oxygen atoms in total. The van der Waals surface area contributed by atoms with E-state index in [4.69, 9.17) is 0 Å². The third-order valence-corrected chi connectivity index (χ3v) is 5.89. The second kappa shape index (κ2) is 7.58. The number of H-pyrrole nitrogens is 1. The molecule has 0 amide bonds. The number of nitrogens with one attached hydrogen (secondary N) is 3. The first-order chi connectivity index (χ1) is 14.7. The molecule has 3 aliphatic rings. The van der Waals surface area contributed by atoms with Crippen molar-refractivity contribution in [2.24, 2.45) is 4.99 Å². The average molecular weight is 407 g/mol. The van der Waals surface area contributed by atoms with Gasteiger partial charge in [0.25, 0.3) is 0 Å². The Hall–Kier alpha value is -3.17. The van der Waals surface area contributed by atoms with E-state index >= 15 is 0 Å². The van der Waals surface area contributed by atoms with Gasteiger partial charge in [-0.15, -0.1) is 5.23 Å². The molecule has 5 rings (SSSR count). The summed E-state index contributed by atoms with van der Waals surface area (Å²) in [6, 6.07) is 8.48. The minimum Gasteiger partial charge on any atom is -0.316 e. The van der Waals surface area contributed by atoms with Gasteiger partial charge in [0.15, 0.2) is 5.78 Å². The third kappa shape index (κ3) is 3.16. The highest BCUT2D eigenvalue weighted by atomic mass is 19.2. The Morgan fingerprint density at radius 3 is 2.87 bits per heavy atom. The van der Waals surface area contributed by atoms with Crippen LogP contribution in [0.15, 0.2) is 58.5 Å². The lowest BCUT2D eigenvalue weighted by Gasteiger charge is -2.39. The molecule has 1 aromatic carbocycles. The number of carbonyl (C=O) groups excluding carboxylic acids is 1. The Morgan fingerprint density at radius 2 is 2.13 bits per heavy atom. The molecular formula is C21H22FN7O. The highest BCUT2D eigenvalue weighted by Crippen LogP contribution is 2.47. The summed E-state index contributed by atoms with van der Waals surface area (Å²) >= 11 is 0. The highest BCUT2D eigenvalue weighted by molar-refractivity contribution is 6.13. The van der Waals surface area contributed by atoms with E-state index in [1.165, 1.54) is 18.0 Å². The molecule has 2 aromatic rings. The number of hydrogen-bond acceptors (Lipinski definition) is 7. The number of aromatic amines is 1. The smallest absolute Gasteiger partial charge is 0.179 e. The van der Waals surface area contributed by atoms with Gasteiger partial charge in [0, 0.05) is 30.7 Å². The number of allylic oxidation sites excluding steroid dienone is 1. The van der Waals surface area contributed by atoms with Crippen LogP contribution in [0.3, 0.4) is 0 Å². The van der Waals surface area contributed by atoms with Crippen LogP contribution in [0.5, 0.6) is 0 Å². The molecule has 0 fully saturated rings. The molecule has 1 aromatic heterocycles. The topological polar surface area (TPSA) is 98.3 Å². The molecule has 2 aliphatic heterocycles. The van der Waals surface area contributed by atoms with Crippen molar-refractivity contribution < 1.29 is 9.28 Å². The van der Waals surface area contributed by atoms with Gasteiger partial charge in [-0.05, 0) is 30.2 Å². The zero-order valence-electron chi connectivity index (χ0n) is 16.5. The van der Waals surface area contributed by atoms with Crippen LogP contribution in [-0.2, 0) is 11.3 Å². The van der Waals surface area contributed by atoms with Crippen molar-refractivity contribution in [2.75, 3.05) is 20.1 Å². The van der Waals surface area contributed by atoms with Gasteiger partial charge in [0.1, 0.15) is 24.4 Å². The van der Waals surface area contributed by atoms with Crippen molar-refractivity contribution in [2.45, 2.75) is 24.8 Å². The maximum atomic E-state index is 14.6. The first-order valence-corrected chi connectivity index (χ1v) is 9.95. The van der Waals surface area contributed by atoms with Crippen LogP contribution < -0.4 is 10.7 Å². The molecule has 2 atom stereocenters. The molecule has 9 heteroatoms. The lowest BCUT2D eigenvalue weighted by molar-refractivity contribution is -0.113. The Bertz CT molecular complexity index is 1060. The Kier molecular flexibility index (Phi) is 4.76. The maximum absolute atomic E-state index is 14.6. The minimum atomic E-state index is -0.248. The number of ketones is 1. The van der Waals surface area contributed by atoms with E-state index in [0.717, 1.165) is 17.7 Å². The standard InChI is InChI=1S/C21H22FN7O/c1-23-8-12-2-4-13(5-3-12)16-6-14-9-27-29(22)17-7-15(30)10-24-20(18(14)17)19(16)21-25-11-26-28-21/h2-5,7,11,16,19,23,27H,6,8-10H2,1H3,(H,25,26,28). The SMILES string of the molecule is CNCc1ccc(C2CC3=C4C(=CC(=O)CN=C4C2c2ncn[nH]2)N(F)NC3)cc1. The summed E-state index contributed by atoms with van der Waals surface area (Å²) in [5.74, 6) is 0.236. The second-order valence-electron chi connectivity index (χ2n) is 7.72. The molecule has 3 N–H and O–H groups in total. The van der Waals surface area contributed by atoms with Gasteiger partial charge in [0.2, 0.25) is 0 Å². The van der Waals surface area contributed by atoms with Crippen LogP contribution in [0, 0.1) is 0 Å². The van der Waals surface area contributed by atoms with Gasteiger partial charge in [-0.2, -0.15) is 5.10 Å². The van der Waals surface area contributed by atoms with Crippen LogP contribution in [0.4, 0.5) is 4.48 Å². The monoisotopic (exact) mass is 407 g/mol. The van der Waals surface area contributed by atoms with E-state index in [0.29, 0.717) is 35.3 Å². The summed E-state index contributed by atoms with van der Waals surface area (Å²) in [7, 11) is 1.92. The van der Waals surface area contributed by atoms with Crippen LogP contribution in [0.25, 0.3) is 0 Å². The molecular weight excluding hydrogens is 385 g/mol. The van der Waals surface area contributed by atoms with Gasteiger partial charge >= 0.3 is 0 Å². The lowest BCUT2D eigenvalue weighted by atomic mass is 9.70. The van der Waals surface area contributed by atoms with Crippen molar-refractivity contribution in [3.05, 3.63) is 70.5 Å². The molecule has 154 valence electrons. The number of halogens is 1. The minimum absolute atomic E-state index is 0.0120. The summed E-state index contributed by atoms with van der Waals surface area (Å²) in [5, 5.41) is 10.6. The third-order valence-electron chi connectivity index (χ3n) is 5.89. The van der Waals surface area contributed by atoms with E-state index in [2.05, 4.69) is 55.2 Å². The van der Waals surface area contributed by atoms with E-state index in [1.54, 1.807) is 0 Å². The Labute approximate surface area is 172 Å². The number of nitrogens with zero attached hydrogens (tertiary/aromatic N) is 4. The zero-order valence-corrected chi connectivity index (χ0v) is 16.5. The van der Waals surface area contributed by atoms with Crippen LogP contribution in [0.1, 0.15) is 35.2 Å². The largest absolute Gasteiger partial charge is 0.316 e. The van der Waals surface area contributed by atoms with Gasteiger partial charge < -0.3 is 5.32 Å². The van der Waals surface area contributed by atoms with Gasteiger partial charge in [-0.1, -0.05) is 28.7 Å². The molecule has 1 aliphatic carbocycles. The van der Waals surface area contributed by atoms with Gasteiger partial charge in [-0.25, -0.2) is 10.4 Å². The van der Waals surface area contributed by atoms with E-state index in [9.17, 15) is 9.28 Å². The fraction of sp³-hybridized carbons (Fsp3) is 0.333. The molecule has 0 radical (unpaired) electrons. The van der Waals surface area contributed by atoms with Gasteiger partial charge in [0.05, 0.1) is 11.6 Å². The number of benzene rings is 1. The molecule has 30 heavy (non-hydrogen) atoms. The second-order valence-corrected chi connectivity index (χ2v) is 7.72. The number of rotatable bonds is 4. The summed E-state index contributed by atoms with van der Waals surface area (Å²) in [5.41, 5.74) is 7.75. The van der Waals surface area contributed by atoms with E-state index < -0.39 is 0 Å². The highest BCUT2D eigenvalue weighted by Gasteiger charge is 2.43. The average Bonchev–Trinajstić information content (AvgIpc) is 3.22. The molecule has 0 saturated carbocycles. The van der Waals surface area contributed by atoms with E-state index in [1.807, 2.05) is 7.05 Å². The zero-order chi connectivity index (χ0) is 20.7. The number of aliphatic imine (C=N–C) groups is 1. The normalized spacial score (nSPS) is 23.7. The summed E-state index contributed by atoms with van der Waals surface area (Å²) in [4.78, 5) is 21.3. The Morgan fingerprint density at radius 1 is 1.30 bits per heavy atom. The molecule has 3 heterocycles. The van der Waals surface area contributed by atoms with Crippen LogP contribution >= 0.6 is 0 Å². The van der Waals surface area contributed by atoms with Crippen molar-refractivity contribution >= 4 is 11.5 Å². The summed E-state index contributed by atoms with van der Waals surface area (Å²) in [6.45, 7) is 1.15. The van der Waals surface area contributed by atoms with Crippen molar-refractivity contribution in [1.82, 2.24) is 31.2 Å². The first-order valence-electron chi connectivity index (χ1n) is 9.95. The number of hydrazine groups is 1. The fourth-order valence-corrected chi connectivity index (χ4v) is 4.58. The van der Waals surface area contributed by atoms with Crippen molar-refractivity contribution in [3.8, 4) is 0 Å². The predicted octanol–water partition coefficient (Wildman–Crippen LogP) is 1.70. The maximum Gasteiger partial charge on any atom is 0.179 e. The summed E-state index contributed by atoms with van der Waals surface area (Å²) < 4.78 is 14.6. The molecule has 0 spiro atoms. The number of carbonyl (C=O) groups is 1. The lowest BCUT2D eigenvalue weighted by Crippen LogP contribution is -2.43. The van der Waals surface area contributed by atoms with Gasteiger partial charge in [-0.3, -0.25) is 14.9 Å². The summed E-state index contributed by atoms with van der Waals surface area (Å²) in [6.07, 6.45) is 3.51. The molecule has 0 saturated heterocycles.